The molecule has 0 aliphatic rings. The number of anilines is 2. The van der Waals surface area contributed by atoms with Crippen LogP contribution in [0.25, 0.3) is 11.3 Å². The molecule has 0 bridgehead atoms. The Hall–Kier alpha value is -4.22. The number of carbonyl (C=O) groups is 3. The molecule has 0 fully saturated rings. The van der Waals surface area contributed by atoms with Gasteiger partial charge in [0.05, 0.1) is 36.0 Å². The van der Waals surface area contributed by atoms with Crippen LogP contribution in [0.3, 0.4) is 0 Å². The third-order valence-corrected chi connectivity index (χ3v) is 6.80. The number of aromatic nitrogens is 1. The summed E-state index contributed by atoms with van der Waals surface area (Å²) < 4.78 is 15.8. The monoisotopic (exact) mass is 537 g/mol. The van der Waals surface area contributed by atoms with Crippen molar-refractivity contribution < 1.29 is 28.6 Å². The molecule has 0 aliphatic carbocycles. The van der Waals surface area contributed by atoms with Crippen molar-refractivity contribution in [2.45, 2.75) is 6.92 Å². The highest BCUT2D eigenvalue weighted by Gasteiger charge is 2.21. The van der Waals surface area contributed by atoms with E-state index in [4.69, 9.17) is 14.2 Å². The normalized spacial score (nSPS) is 10.5. The van der Waals surface area contributed by atoms with Gasteiger partial charge < -0.3 is 19.5 Å². The fourth-order valence-corrected chi connectivity index (χ4v) is 4.65. The van der Waals surface area contributed by atoms with Crippen LogP contribution in [-0.2, 0) is 9.53 Å². The molecule has 11 heteroatoms. The zero-order valence-corrected chi connectivity index (χ0v) is 21.8. The summed E-state index contributed by atoms with van der Waals surface area (Å²) in [7, 11) is 2.86. The van der Waals surface area contributed by atoms with Gasteiger partial charge in [0.15, 0.2) is 23.2 Å². The maximum atomic E-state index is 12.9. The number of nitrogens with one attached hydrogen (secondary N) is 2. The average molecular weight is 538 g/mol. The van der Waals surface area contributed by atoms with Crippen LogP contribution in [0.2, 0.25) is 0 Å². The summed E-state index contributed by atoms with van der Waals surface area (Å²) in [5.74, 6) is -1.20. The molecule has 0 spiro atoms. The van der Waals surface area contributed by atoms with E-state index < -0.39 is 24.4 Å². The summed E-state index contributed by atoms with van der Waals surface area (Å²) in [5.41, 5.74) is 2.96. The highest BCUT2D eigenvalue weighted by atomic mass is 32.1. The summed E-state index contributed by atoms with van der Waals surface area (Å²) >= 11 is 2.52. The Morgan fingerprint density at radius 3 is 2.35 bits per heavy atom. The molecule has 190 valence electrons. The van der Waals surface area contributed by atoms with E-state index in [1.54, 1.807) is 17.5 Å². The lowest BCUT2D eigenvalue weighted by Gasteiger charge is -2.15. The minimum atomic E-state index is -0.822. The molecule has 0 radical (unpaired) electrons. The van der Waals surface area contributed by atoms with Crippen molar-refractivity contribution in [3.05, 3.63) is 75.3 Å². The molecule has 2 N–H and O–H groups in total. The smallest absolute Gasteiger partial charge is 0.340 e. The molecule has 2 amide bonds. The molecule has 2 heterocycles. The van der Waals surface area contributed by atoms with Gasteiger partial charge in [-0.15, -0.1) is 22.7 Å². The van der Waals surface area contributed by atoms with Gasteiger partial charge in [0, 0.05) is 23.1 Å². The zero-order valence-electron chi connectivity index (χ0n) is 20.2. The van der Waals surface area contributed by atoms with E-state index in [9.17, 15) is 14.4 Å². The van der Waals surface area contributed by atoms with Gasteiger partial charge in [0.2, 0.25) is 0 Å². The Kier molecular flexibility index (Phi) is 8.16. The topological polar surface area (TPSA) is 116 Å². The number of esters is 1. The lowest BCUT2D eigenvalue weighted by molar-refractivity contribution is -0.119. The molecule has 0 unspecified atom stereocenters. The van der Waals surface area contributed by atoms with Crippen molar-refractivity contribution in [1.29, 1.82) is 0 Å². The van der Waals surface area contributed by atoms with Crippen LogP contribution in [0, 0.1) is 6.92 Å². The van der Waals surface area contributed by atoms with E-state index >= 15 is 0 Å². The zero-order chi connectivity index (χ0) is 26.4. The molecule has 37 heavy (non-hydrogen) atoms. The third-order valence-electron chi connectivity index (χ3n) is 5.17. The van der Waals surface area contributed by atoms with Gasteiger partial charge in [-0.3, -0.25) is 14.9 Å². The van der Waals surface area contributed by atoms with Crippen molar-refractivity contribution in [2.75, 3.05) is 31.5 Å². The molecule has 9 nitrogen and oxygen atoms in total. The quantitative estimate of drug-likeness (QED) is 0.280. The van der Waals surface area contributed by atoms with Crippen LogP contribution < -0.4 is 20.1 Å². The van der Waals surface area contributed by atoms with Crippen LogP contribution >= 0.6 is 22.7 Å². The van der Waals surface area contributed by atoms with Crippen molar-refractivity contribution in [3.8, 4) is 22.8 Å². The lowest BCUT2D eigenvalue weighted by atomic mass is 10.1. The first-order valence-corrected chi connectivity index (χ1v) is 12.7. The van der Waals surface area contributed by atoms with Gasteiger partial charge >= 0.3 is 5.97 Å². The number of rotatable bonds is 9. The first kappa shape index (κ1) is 25.9. The molecule has 2 aromatic carbocycles. The fourth-order valence-electron chi connectivity index (χ4n) is 3.30. The summed E-state index contributed by atoms with van der Waals surface area (Å²) in [4.78, 5) is 42.8. The molecule has 0 saturated carbocycles. The summed E-state index contributed by atoms with van der Waals surface area (Å²) in [5, 5.41) is 9.31. The predicted octanol–water partition coefficient (Wildman–Crippen LogP) is 5.25. The number of hydrogen-bond acceptors (Lipinski definition) is 9. The molecule has 2 aromatic heterocycles. The van der Waals surface area contributed by atoms with Crippen LogP contribution in [0.5, 0.6) is 11.5 Å². The van der Waals surface area contributed by atoms with E-state index in [0.717, 1.165) is 16.8 Å². The van der Waals surface area contributed by atoms with Crippen molar-refractivity contribution in [1.82, 2.24) is 4.98 Å². The average Bonchev–Trinajstić information content (AvgIpc) is 3.60. The van der Waals surface area contributed by atoms with Gasteiger partial charge in [-0.2, -0.15) is 0 Å². The largest absolute Gasteiger partial charge is 0.493 e. The maximum Gasteiger partial charge on any atom is 0.340 e. The molecule has 4 aromatic rings. The standard InChI is InChI=1S/C26H23N3O6S2/c1-15-6-8-16(9-7-15)19-14-37-26(28-19)29-23(30)13-35-25(32)17-11-20(33-2)21(34-3)12-18(17)27-24(31)22-5-4-10-36-22/h4-12,14H,13H2,1-3H3,(H,27,31)(H,28,29,30). The molecule has 0 saturated heterocycles. The van der Waals surface area contributed by atoms with Crippen LogP contribution in [0.1, 0.15) is 25.6 Å². The Balaban J connectivity index is 1.44. The molecule has 0 aliphatic heterocycles. The number of benzene rings is 2. The number of hydrogen-bond donors (Lipinski definition) is 2. The Morgan fingerprint density at radius 1 is 0.946 bits per heavy atom. The van der Waals surface area contributed by atoms with E-state index in [1.165, 1.54) is 49.0 Å². The fraction of sp³-hybridized carbons (Fsp3) is 0.154. The number of methoxy groups -OCH3 is 2. The maximum absolute atomic E-state index is 12.9. The van der Waals surface area contributed by atoms with E-state index in [2.05, 4.69) is 15.6 Å². The van der Waals surface area contributed by atoms with E-state index in [0.29, 0.717) is 15.8 Å². The Bertz CT molecular complexity index is 1410. The first-order chi connectivity index (χ1) is 17.9. The van der Waals surface area contributed by atoms with Gasteiger partial charge in [-0.25, -0.2) is 9.78 Å². The van der Waals surface area contributed by atoms with Crippen LogP contribution in [-0.4, -0.2) is 43.6 Å². The summed E-state index contributed by atoms with van der Waals surface area (Å²) in [6.45, 7) is 1.45. The minimum Gasteiger partial charge on any atom is -0.493 e. The SMILES string of the molecule is COc1cc(NC(=O)c2cccs2)c(C(=O)OCC(=O)Nc2nc(-c3ccc(C)cc3)cs2)cc1OC. The van der Waals surface area contributed by atoms with Gasteiger partial charge in [-0.1, -0.05) is 35.9 Å². The first-order valence-electron chi connectivity index (χ1n) is 11.0. The molecular formula is C26H23N3O6S2. The second-order valence-electron chi connectivity index (χ2n) is 7.71. The number of thiophene rings is 1. The molecular weight excluding hydrogens is 514 g/mol. The minimum absolute atomic E-state index is 0.00580. The van der Waals surface area contributed by atoms with Crippen molar-refractivity contribution in [3.63, 3.8) is 0 Å². The second kappa shape index (κ2) is 11.7. The van der Waals surface area contributed by atoms with Crippen LogP contribution in [0.15, 0.2) is 59.3 Å². The highest BCUT2D eigenvalue weighted by molar-refractivity contribution is 7.14. The van der Waals surface area contributed by atoms with Crippen LogP contribution in [0.4, 0.5) is 10.8 Å². The number of amides is 2. The number of nitrogens with zero attached hydrogens (tertiary/aromatic N) is 1. The summed E-state index contributed by atoms with van der Waals surface area (Å²) in [6.07, 6.45) is 0. The van der Waals surface area contributed by atoms with Gasteiger partial charge in [0.1, 0.15) is 0 Å². The highest BCUT2D eigenvalue weighted by Crippen LogP contribution is 2.34. The second-order valence-corrected chi connectivity index (χ2v) is 9.52. The van der Waals surface area contributed by atoms with Gasteiger partial charge in [0.25, 0.3) is 11.8 Å². The van der Waals surface area contributed by atoms with E-state index in [1.807, 2.05) is 36.6 Å². The predicted molar refractivity (Wildman–Crippen MR) is 143 cm³/mol. The lowest BCUT2D eigenvalue weighted by Crippen LogP contribution is -2.22. The molecule has 4 rings (SSSR count). The summed E-state index contributed by atoms with van der Waals surface area (Å²) in [6, 6.07) is 14.1. The van der Waals surface area contributed by atoms with Crippen molar-refractivity contribution >= 4 is 51.3 Å². The number of thiazole rings is 1. The number of ether oxygens (including phenoxy) is 3. The Morgan fingerprint density at radius 2 is 1.68 bits per heavy atom. The van der Waals surface area contributed by atoms with Gasteiger partial charge in [-0.05, 0) is 18.4 Å². The number of aryl methyl sites for hydroxylation is 1. The van der Waals surface area contributed by atoms with Crippen molar-refractivity contribution in [2.24, 2.45) is 0 Å². The third kappa shape index (κ3) is 6.32. The molecule has 0 atom stereocenters. The Labute approximate surface area is 221 Å². The number of carbonyl (C=O) groups excluding carboxylic acids is 3. The van der Waals surface area contributed by atoms with E-state index in [-0.39, 0.29) is 17.0 Å².